The van der Waals surface area contributed by atoms with Gasteiger partial charge in [-0.2, -0.15) is 0 Å². The van der Waals surface area contributed by atoms with Gasteiger partial charge in [0.2, 0.25) is 0 Å². The van der Waals surface area contributed by atoms with Gasteiger partial charge in [0.25, 0.3) is 5.91 Å². The molecule has 1 heterocycles. The molecule has 23 heavy (non-hydrogen) atoms. The van der Waals surface area contributed by atoms with Gasteiger partial charge < -0.3 is 15.8 Å². The van der Waals surface area contributed by atoms with Crippen LogP contribution in [0.3, 0.4) is 0 Å². The van der Waals surface area contributed by atoms with E-state index < -0.39 is 0 Å². The van der Waals surface area contributed by atoms with Crippen LogP contribution >= 0.6 is 15.9 Å². The average Bonchev–Trinajstić information content (AvgIpc) is 2.48. The highest BCUT2D eigenvalue weighted by Gasteiger charge is 2.34. The number of halogens is 1. The Morgan fingerprint density at radius 1 is 1.26 bits per heavy atom. The minimum Gasteiger partial charge on any atom is -0.487 e. The molecule has 0 bridgehead atoms. The van der Waals surface area contributed by atoms with Gasteiger partial charge in [0, 0.05) is 27.7 Å². The maximum atomic E-state index is 12.5. The van der Waals surface area contributed by atoms with Gasteiger partial charge in [0.1, 0.15) is 11.4 Å². The van der Waals surface area contributed by atoms with Crippen LogP contribution in [0.25, 0.3) is 0 Å². The first-order valence-corrected chi connectivity index (χ1v) is 8.28. The molecule has 5 heteroatoms. The number of anilines is 1. The third-order valence-corrected chi connectivity index (χ3v) is 4.43. The molecule has 3 N–H and O–H groups in total. The summed E-state index contributed by atoms with van der Waals surface area (Å²) in [6.45, 7) is 4.04. The Bertz CT molecular complexity index is 741. The van der Waals surface area contributed by atoms with E-state index in [4.69, 9.17) is 10.5 Å². The van der Waals surface area contributed by atoms with E-state index in [1.807, 2.05) is 44.2 Å². The molecule has 2 aromatic rings. The van der Waals surface area contributed by atoms with Gasteiger partial charge in [0.05, 0.1) is 6.04 Å². The largest absolute Gasteiger partial charge is 0.487 e. The molecule has 0 saturated heterocycles. The van der Waals surface area contributed by atoms with Gasteiger partial charge in [-0.1, -0.05) is 15.9 Å². The van der Waals surface area contributed by atoms with Gasteiger partial charge in [0.15, 0.2) is 0 Å². The number of fused-ring (bicyclic) bond motifs is 1. The zero-order valence-corrected chi connectivity index (χ0v) is 14.7. The zero-order chi connectivity index (χ0) is 16.6. The molecule has 2 aromatic carbocycles. The molecule has 1 atom stereocenters. The number of rotatable bonds is 2. The number of benzene rings is 2. The molecule has 1 aliphatic heterocycles. The highest BCUT2D eigenvalue weighted by Crippen LogP contribution is 2.40. The number of nitrogens with one attached hydrogen (secondary N) is 1. The monoisotopic (exact) mass is 374 g/mol. The molecule has 120 valence electrons. The van der Waals surface area contributed by atoms with E-state index in [-0.39, 0.29) is 17.6 Å². The second kappa shape index (κ2) is 5.89. The average molecular weight is 375 g/mol. The van der Waals surface area contributed by atoms with Crippen LogP contribution in [0.4, 0.5) is 5.69 Å². The van der Waals surface area contributed by atoms with Crippen LogP contribution in [0.15, 0.2) is 46.9 Å². The fourth-order valence-corrected chi connectivity index (χ4v) is 3.11. The highest BCUT2D eigenvalue weighted by molar-refractivity contribution is 9.10. The number of ether oxygens (including phenoxy) is 1. The quantitative estimate of drug-likeness (QED) is 0.778. The van der Waals surface area contributed by atoms with Crippen molar-refractivity contribution in [3.05, 3.63) is 58.1 Å². The predicted molar refractivity (Wildman–Crippen MR) is 94.5 cm³/mol. The minimum atomic E-state index is -0.346. The van der Waals surface area contributed by atoms with Crippen molar-refractivity contribution in [3.8, 4) is 5.75 Å². The summed E-state index contributed by atoms with van der Waals surface area (Å²) in [7, 11) is 0. The molecular formula is C18H19BrN2O2. The van der Waals surface area contributed by atoms with E-state index >= 15 is 0 Å². The summed E-state index contributed by atoms with van der Waals surface area (Å²) in [6, 6.07) is 12.7. The Labute approximate surface area is 144 Å². The number of hydrogen-bond acceptors (Lipinski definition) is 3. The number of amides is 1. The molecule has 0 radical (unpaired) electrons. The first kappa shape index (κ1) is 15.9. The Morgan fingerprint density at radius 2 is 1.96 bits per heavy atom. The molecule has 4 nitrogen and oxygen atoms in total. The van der Waals surface area contributed by atoms with Crippen molar-refractivity contribution in [1.29, 1.82) is 0 Å². The van der Waals surface area contributed by atoms with Gasteiger partial charge in [-0.05, 0) is 56.3 Å². The maximum Gasteiger partial charge on any atom is 0.251 e. The van der Waals surface area contributed by atoms with Gasteiger partial charge in [-0.25, -0.2) is 0 Å². The van der Waals surface area contributed by atoms with E-state index in [9.17, 15) is 4.79 Å². The van der Waals surface area contributed by atoms with Crippen LogP contribution in [0.5, 0.6) is 5.75 Å². The summed E-state index contributed by atoms with van der Waals surface area (Å²) in [5.41, 5.74) is 7.77. The lowest BCUT2D eigenvalue weighted by Gasteiger charge is -2.38. The zero-order valence-electron chi connectivity index (χ0n) is 13.1. The van der Waals surface area contributed by atoms with Crippen molar-refractivity contribution >= 4 is 27.5 Å². The molecule has 0 aromatic heterocycles. The Hall–Kier alpha value is -2.01. The number of carbonyl (C=O) groups excluding carboxylic acids is 1. The summed E-state index contributed by atoms with van der Waals surface area (Å²) in [6.07, 6.45) is 0.686. The fourth-order valence-electron chi connectivity index (χ4n) is 2.84. The fraction of sp³-hybridized carbons (Fsp3) is 0.278. The van der Waals surface area contributed by atoms with E-state index in [1.54, 1.807) is 12.1 Å². The minimum absolute atomic E-state index is 0.103. The smallest absolute Gasteiger partial charge is 0.251 e. The molecule has 1 unspecified atom stereocenters. The Morgan fingerprint density at radius 3 is 2.65 bits per heavy atom. The lowest BCUT2D eigenvalue weighted by Crippen LogP contribution is -2.41. The molecular weight excluding hydrogens is 356 g/mol. The molecule has 0 saturated carbocycles. The van der Waals surface area contributed by atoms with Crippen LogP contribution in [-0.2, 0) is 0 Å². The molecule has 3 rings (SSSR count). The van der Waals surface area contributed by atoms with Crippen molar-refractivity contribution < 1.29 is 9.53 Å². The third kappa shape index (κ3) is 3.50. The lowest BCUT2D eigenvalue weighted by molar-refractivity contribution is 0.0620. The number of hydrogen-bond donors (Lipinski definition) is 2. The topological polar surface area (TPSA) is 64.4 Å². The van der Waals surface area contributed by atoms with Crippen molar-refractivity contribution in [2.45, 2.75) is 31.9 Å². The second-order valence-corrected chi connectivity index (χ2v) is 7.31. The van der Waals surface area contributed by atoms with Crippen LogP contribution in [-0.4, -0.2) is 11.5 Å². The summed E-state index contributed by atoms with van der Waals surface area (Å²) in [5.74, 6) is 0.671. The van der Waals surface area contributed by atoms with Crippen molar-refractivity contribution in [3.63, 3.8) is 0 Å². The third-order valence-electron chi connectivity index (χ3n) is 3.90. The lowest BCUT2D eigenvalue weighted by atomic mass is 9.89. The highest BCUT2D eigenvalue weighted by atomic mass is 79.9. The second-order valence-electron chi connectivity index (χ2n) is 6.40. The summed E-state index contributed by atoms with van der Waals surface area (Å²) < 4.78 is 6.94. The number of nitrogens with two attached hydrogens (primary N) is 1. The van der Waals surface area contributed by atoms with Crippen LogP contribution in [0.1, 0.15) is 42.2 Å². The SMILES string of the molecule is CC1(C)CC(NC(=O)c2ccc(Br)cc2)c2cc(N)ccc2O1. The first-order chi connectivity index (χ1) is 10.8. The molecule has 0 aliphatic carbocycles. The Kier molecular flexibility index (Phi) is 4.06. The van der Waals surface area contributed by atoms with Crippen LogP contribution < -0.4 is 15.8 Å². The molecule has 0 fully saturated rings. The molecule has 1 amide bonds. The number of carbonyl (C=O) groups is 1. The summed E-state index contributed by atoms with van der Waals surface area (Å²) >= 11 is 3.38. The van der Waals surface area contributed by atoms with E-state index in [0.717, 1.165) is 15.8 Å². The maximum absolute atomic E-state index is 12.5. The van der Waals surface area contributed by atoms with Gasteiger partial charge in [-0.3, -0.25) is 4.79 Å². The summed E-state index contributed by atoms with van der Waals surface area (Å²) in [5, 5.41) is 3.10. The molecule has 0 spiro atoms. The van der Waals surface area contributed by atoms with Crippen LogP contribution in [0.2, 0.25) is 0 Å². The van der Waals surface area contributed by atoms with Crippen molar-refractivity contribution in [2.24, 2.45) is 0 Å². The molecule has 1 aliphatic rings. The van der Waals surface area contributed by atoms with E-state index in [0.29, 0.717) is 17.7 Å². The summed E-state index contributed by atoms with van der Waals surface area (Å²) in [4.78, 5) is 12.5. The standard InChI is InChI=1S/C18H19BrN2O2/c1-18(2)10-15(14-9-13(20)7-8-16(14)23-18)21-17(22)11-3-5-12(19)6-4-11/h3-9,15H,10,20H2,1-2H3,(H,21,22). The normalized spacial score (nSPS) is 18.7. The van der Waals surface area contributed by atoms with Crippen LogP contribution in [0, 0.1) is 0 Å². The van der Waals surface area contributed by atoms with E-state index in [2.05, 4.69) is 21.2 Å². The van der Waals surface area contributed by atoms with Crippen molar-refractivity contribution in [1.82, 2.24) is 5.32 Å². The predicted octanol–water partition coefficient (Wildman–Crippen LogP) is 4.06. The van der Waals surface area contributed by atoms with E-state index in [1.165, 1.54) is 0 Å². The van der Waals surface area contributed by atoms with Crippen molar-refractivity contribution in [2.75, 3.05) is 5.73 Å². The Balaban J connectivity index is 1.88. The van der Waals surface area contributed by atoms with Gasteiger partial charge >= 0.3 is 0 Å². The first-order valence-electron chi connectivity index (χ1n) is 7.49. The van der Waals surface area contributed by atoms with Gasteiger partial charge in [-0.15, -0.1) is 0 Å². The number of nitrogen functional groups attached to an aromatic ring is 1.